The van der Waals surface area contributed by atoms with Crippen molar-refractivity contribution in [3.63, 3.8) is 0 Å². The highest BCUT2D eigenvalue weighted by atomic mass is 14.1. The third-order valence-electron chi connectivity index (χ3n) is 1.96. The van der Waals surface area contributed by atoms with E-state index >= 15 is 0 Å². The molecule has 0 aliphatic carbocycles. The Morgan fingerprint density at radius 1 is 1.17 bits per heavy atom. The van der Waals surface area contributed by atoms with Gasteiger partial charge in [-0.15, -0.1) is 0 Å². The molecule has 0 heterocycles. The van der Waals surface area contributed by atoms with Gasteiger partial charge in [-0.1, -0.05) is 50.3 Å². The van der Waals surface area contributed by atoms with Crippen molar-refractivity contribution in [3.05, 3.63) is 41.5 Å². The minimum atomic E-state index is 0.609. The quantitative estimate of drug-likeness (QED) is 0.616. The highest BCUT2D eigenvalue weighted by Crippen LogP contribution is 2.19. The molecule has 1 aromatic rings. The van der Waals surface area contributed by atoms with Crippen molar-refractivity contribution in [2.75, 3.05) is 0 Å². The fourth-order valence-electron chi connectivity index (χ4n) is 1.37. The maximum absolute atomic E-state index is 2.22. The van der Waals surface area contributed by atoms with Gasteiger partial charge in [-0.05, 0) is 24.0 Å². The lowest BCUT2D eigenvalue weighted by molar-refractivity contribution is 0.864. The van der Waals surface area contributed by atoms with E-state index in [0.29, 0.717) is 5.92 Å². The maximum atomic E-state index is 2.22. The minimum absolute atomic E-state index is 0.609. The Hall–Kier alpha value is -1.04. The van der Waals surface area contributed by atoms with Crippen molar-refractivity contribution < 1.29 is 0 Å². The predicted molar refractivity (Wildman–Crippen MR) is 55.2 cm³/mol. The zero-order valence-corrected chi connectivity index (χ0v) is 8.04. The molecule has 0 saturated carbocycles. The van der Waals surface area contributed by atoms with E-state index in [2.05, 4.69) is 57.2 Å². The van der Waals surface area contributed by atoms with Gasteiger partial charge in [0.25, 0.3) is 0 Å². The summed E-state index contributed by atoms with van der Waals surface area (Å²) in [6.07, 6.45) is 4.25. The van der Waals surface area contributed by atoms with Crippen molar-refractivity contribution in [3.8, 4) is 0 Å². The maximum Gasteiger partial charge on any atom is -0.0213 e. The van der Waals surface area contributed by atoms with Crippen LogP contribution in [-0.4, -0.2) is 0 Å². The highest BCUT2D eigenvalue weighted by Gasteiger charge is 2.01. The Bertz CT molecular complexity index is 269. The van der Waals surface area contributed by atoms with E-state index < -0.39 is 0 Å². The Morgan fingerprint density at radius 2 is 1.83 bits per heavy atom. The van der Waals surface area contributed by atoms with Crippen LogP contribution in [0.15, 0.2) is 30.3 Å². The Balaban J connectivity index is 3.08. The largest absolute Gasteiger partial charge is 0.0871 e. The van der Waals surface area contributed by atoms with Crippen molar-refractivity contribution >= 4 is 6.08 Å². The summed E-state index contributed by atoms with van der Waals surface area (Å²) >= 11 is 0. The van der Waals surface area contributed by atoms with Gasteiger partial charge in [-0.2, -0.15) is 0 Å². The third kappa shape index (κ3) is 1.97. The first-order chi connectivity index (χ1) is 5.75. The molecule has 1 aromatic carbocycles. The molecule has 0 saturated heterocycles. The van der Waals surface area contributed by atoms with Crippen LogP contribution in [0.25, 0.3) is 6.08 Å². The topological polar surface area (TPSA) is 0 Å². The summed E-state index contributed by atoms with van der Waals surface area (Å²) in [4.78, 5) is 0. The van der Waals surface area contributed by atoms with Crippen LogP contribution in [0.3, 0.4) is 0 Å². The zero-order valence-electron chi connectivity index (χ0n) is 8.04. The first kappa shape index (κ1) is 9.05. The van der Waals surface area contributed by atoms with Crippen molar-refractivity contribution in [2.24, 2.45) is 0 Å². The molecule has 0 bridgehead atoms. The van der Waals surface area contributed by atoms with Crippen LogP contribution < -0.4 is 0 Å². The molecular weight excluding hydrogens is 144 g/mol. The molecule has 1 rings (SSSR count). The Morgan fingerprint density at radius 3 is 2.42 bits per heavy atom. The lowest BCUT2D eigenvalue weighted by Crippen LogP contribution is -1.90. The SMILES string of the molecule is CC=Cc1ccccc1C(C)C. The summed E-state index contributed by atoms with van der Waals surface area (Å²) in [6, 6.07) is 8.54. The highest BCUT2D eigenvalue weighted by molar-refractivity contribution is 5.54. The number of hydrogen-bond acceptors (Lipinski definition) is 0. The third-order valence-corrected chi connectivity index (χ3v) is 1.96. The molecule has 0 aliphatic heterocycles. The fourth-order valence-corrected chi connectivity index (χ4v) is 1.37. The van der Waals surface area contributed by atoms with Gasteiger partial charge in [-0.25, -0.2) is 0 Å². The van der Waals surface area contributed by atoms with Gasteiger partial charge < -0.3 is 0 Å². The van der Waals surface area contributed by atoms with Gasteiger partial charge in [0, 0.05) is 0 Å². The van der Waals surface area contributed by atoms with E-state index in [-0.39, 0.29) is 0 Å². The van der Waals surface area contributed by atoms with Crippen LogP contribution in [0.4, 0.5) is 0 Å². The normalized spacial score (nSPS) is 11.3. The van der Waals surface area contributed by atoms with E-state index in [1.165, 1.54) is 11.1 Å². The number of benzene rings is 1. The monoisotopic (exact) mass is 160 g/mol. The first-order valence-electron chi connectivity index (χ1n) is 4.47. The summed E-state index contributed by atoms with van der Waals surface area (Å²) in [6.45, 7) is 6.50. The molecule has 0 aromatic heterocycles. The van der Waals surface area contributed by atoms with Gasteiger partial charge in [0.1, 0.15) is 0 Å². The second-order valence-corrected chi connectivity index (χ2v) is 3.28. The molecule has 0 nitrogen and oxygen atoms in total. The van der Waals surface area contributed by atoms with Crippen molar-refractivity contribution in [1.82, 2.24) is 0 Å². The molecule has 0 N–H and O–H groups in total. The standard InChI is InChI=1S/C12H16/c1-4-7-11-8-5-6-9-12(11)10(2)3/h4-10H,1-3H3. The molecule has 64 valence electrons. The molecule has 0 spiro atoms. The Labute approximate surface area is 74.9 Å². The molecule has 0 atom stereocenters. The summed E-state index contributed by atoms with van der Waals surface area (Å²) in [5.74, 6) is 0.609. The summed E-state index contributed by atoms with van der Waals surface area (Å²) in [7, 11) is 0. The van der Waals surface area contributed by atoms with Gasteiger partial charge >= 0.3 is 0 Å². The van der Waals surface area contributed by atoms with E-state index in [1.54, 1.807) is 0 Å². The number of allylic oxidation sites excluding steroid dienone is 1. The van der Waals surface area contributed by atoms with E-state index in [1.807, 2.05) is 0 Å². The molecule has 0 amide bonds. The number of rotatable bonds is 2. The van der Waals surface area contributed by atoms with E-state index in [4.69, 9.17) is 0 Å². The second-order valence-electron chi connectivity index (χ2n) is 3.28. The molecule has 0 unspecified atom stereocenters. The van der Waals surface area contributed by atoms with E-state index in [0.717, 1.165) is 0 Å². The van der Waals surface area contributed by atoms with E-state index in [9.17, 15) is 0 Å². The van der Waals surface area contributed by atoms with Gasteiger partial charge in [0.05, 0.1) is 0 Å². The zero-order chi connectivity index (χ0) is 8.97. The van der Waals surface area contributed by atoms with Crippen LogP contribution in [-0.2, 0) is 0 Å². The van der Waals surface area contributed by atoms with Crippen LogP contribution in [0.2, 0.25) is 0 Å². The first-order valence-corrected chi connectivity index (χ1v) is 4.47. The lowest BCUT2D eigenvalue weighted by atomic mass is 9.97. The van der Waals surface area contributed by atoms with Crippen LogP contribution in [0.5, 0.6) is 0 Å². The van der Waals surface area contributed by atoms with Gasteiger partial charge in [0.2, 0.25) is 0 Å². The molecule has 0 heteroatoms. The van der Waals surface area contributed by atoms with Crippen LogP contribution in [0.1, 0.15) is 37.8 Å². The summed E-state index contributed by atoms with van der Waals surface area (Å²) < 4.78 is 0. The molecule has 0 aliphatic rings. The molecule has 12 heavy (non-hydrogen) atoms. The van der Waals surface area contributed by atoms with Crippen LogP contribution >= 0.6 is 0 Å². The molecule has 0 radical (unpaired) electrons. The second kappa shape index (κ2) is 4.10. The van der Waals surface area contributed by atoms with Gasteiger partial charge in [-0.3, -0.25) is 0 Å². The predicted octanol–water partition coefficient (Wildman–Crippen LogP) is 3.84. The minimum Gasteiger partial charge on any atom is -0.0871 e. The molecule has 0 fully saturated rings. The summed E-state index contributed by atoms with van der Waals surface area (Å²) in [5.41, 5.74) is 2.77. The fraction of sp³-hybridized carbons (Fsp3) is 0.333. The average Bonchev–Trinajstić information content (AvgIpc) is 2.05. The summed E-state index contributed by atoms with van der Waals surface area (Å²) in [5, 5.41) is 0. The smallest absolute Gasteiger partial charge is 0.0213 e. The van der Waals surface area contributed by atoms with Gasteiger partial charge in [0.15, 0.2) is 0 Å². The number of hydrogen-bond donors (Lipinski definition) is 0. The average molecular weight is 160 g/mol. The lowest BCUT2D eigenvalue weighted by Gasteiger charge is -2.08. The van der Waals surface area contributed by atoms with Crippen LogP contribution in [0, 0.1) is 0 Å². The van der Waals surface area contributed by atoms with Crippen molar-refractivity contribution in [2.45, 2.75) is 26.7 Å². The Kier molecular flexibility index (Phi) is 3.09. The molecular formula is C12H16. The van der Waals surface area contributed by atoms with Crippen molar-refractivity contribution in [1.29, 1.82) is 0 Å².